The van der Waals surface area contributed by atoms with Gasteiger partial charge in [-0.05, 0) is 43.9 Å². The van der Waals surface area contributed by atoms with Gasteiger partial charge in [-0.2, -0.15) is 0 Å². The van der Waals surface area contributed by atoms with Gasteiger partial charge in [0.1, 0.15) is 0 Å². The van der Waals surface area contributed by atoms with E-state index in [0.717, 1.165) is 41.8 Å². The van der Waals surface area contributed by atoms with E-state index in [0.29, 0.717) is 12.5 Å². The summed E-state index contributed by atoms with van der Waals surface area (Å²) in [6, 6.07) is 11.9. The molecule has 126 valence electrons. The first-order chi connectivity index (χ1) is 11.6. The molecule has 0 radical (unpaired) electrons. The van der Waals surface area contributed by atoms with Gasteiger partial charge in [-0.15, -0.1) is 0 Å². The fourth-order valence-electron chi connectivity index (χ4n) is 3.60. The van der Waals surface area contributed by atoms with E-state index in [1.54, 1.807) is 6.20 Å². The van der Waals surface area contributed by atoms with Crippen molar-refractivity contribution >= 4 is 5.91 Å². The molecular weight excluding hydrogens is 298 g/mol. The van der Waals surface area contributed by atoms with Crippen LogP contribution in [0.5, 0.6) is 0 Å². The number of aryl methyl sites for hydroxylation is 1. The summed E-state index contributed by atoms with van der Waals surface area (Å²) in [5.74, 6) is 0.511. The molecule has 2 atom stereocenters. The molecule has 1 aliphatic heterocycles. The van der Waals surface area contributed by atoms with Crippen LogP contribution < -0.4 is 5.73 Å². The van der Waals surface area contributed by atoms with E-state index < -0.39 is 0 Å². The second-order valence-corrected chi connectivity index (χ2v) is 6.69. The zero-order valence-electron chi connectivity index (χ0n) is 14.4. The van der Waals surface area contributed by atoms with Crippen molar-refractivity contribution in [2.75, 3.05) is 13.1 Å². The third-order valence-corrected chi connectivity index (χ3v) is 4.96. The molecule has 1 saturated heterocycles. The maximum absolute atomic E-state index is 13.3. The topological polar surface area (TPSA) is 59.2 Å². The minimum absolute atomic E-state index is 0.0707. The van der Waals surface area contributed by atoms with Gasteiger partial charge < -0.3 is 10.6 Å². The first kappa shape index (κ1) is 16.7. The zero-order chi connectivity index (χ0) is 17.1. The van der Waals surface area contributed by atoms with Gasteiger partial charge in [-0.3, -0.25) is 9.78 Å². The van der Waals surface area contributed by atoms with Crippen LogP contribution in [0.15, 0.2) is 42.6 Å². The van der Waals surface area contributed by atoms with Crippen LogP contribution in [0.3, 0.4) is 0 Å². The van der Waals surface area contributed by atoms with Crippen molar-refractivity contribution < 1.29 is 4.79 Å². The summed E-state index contributed by atoms with van der Waals surface area (Å²) in [7, 11) is 0. The number of pyridine rings is 1. The summed E-state index contributed by atoms with van der Waals surface area (Å²) >= 11 is 0. The van der Waals surface area contributed by atoms with Gasteiger partial charge in [0.2, 0.25) is 0 Å². The van der Waals surface area contributed by atoms with Crippen molar-refractivity contribution in [1.29, 1.82) is 0 Å². The molecule has 1 aromatic heterocycles. The Labute approximate surface area is 143 Å². The standard InChI is InChI=1S/C20H25N3O/c1-14-8-9-16(18-7-3-4-10-22-18)17(12-14)20(24)23-11-5-6-15(2)19(23)13-21/h3-4,7-10,12,15,19H,5-6,11,13,21H2,1-2H3. The predicted molar refractivity (Wildman–Crippen MR) is 96.7 cm³/mol. The van der Waals surface area contributed by atoms with Crippen LogP contribution >= 0.6 is 0 Å². The second kappa shape index (κ2) is 7.14. The van der Waals surface area contributed by atoms with Crippen molar-refractivity contribution in [2.24, 2.45) is 11.7 Å². The van der Waals surface area contributed by atoms with Crippen molar-refractivity contribution in [2.45, 2.75) is 32.7 Å². The van der Waals surface area contributed by atoms with E-state index in [4.69, 9.17) is 5.73 Å². The average molecular weight is 323 g/mol. The number of piperidine rings is 1. The molecule has 2 N–H and O–H groups in total. The van der Waals surface area contributed by atoms with Gasteiger partial charge in [0.15, 0.2) is 0 Å². The number of likely N-dealkylation sites (tertiary alicyclic amines) is 1. The second-order valence-electron chi connectivity index (χ2n) is 6.69. The lowest BCUT2D eigenvalue weighted by Crippen LogP contribution is -2.51. The molecule has 0 spiro atoms. The van der Waals surface area contributed by atoms with Gasteiger partial charge in [-0.25, -0.2) is 0 Å². The highest BCUT2D eigenvalue weighted by molar-refractivity contribution is 6.01. The molecule has 4 nitrogen and oxygen atoms in total. The first-order valence-electron chi connectivity index (χ1n) is 8.65. The number of aromatic nitrogens is 1. The van der Waals surface area contributed by atoms with Crippen LogP contribution in [-0.2, 0) is 0 Å². The number of carbonyl (C=O) groups excluding carboxylic acids is 1. The normalized spacial score (nSPS) is 20.9. The molecule has 1 aromatic carbocycles. The van der Waals surface area contributed by atoms with E-state index in [-0.39, 0.29) is 11.9 Å². The summed E-state index contributed by atoms with van der Waals surface area (Å²) in [5, 5.41) is 0. The van der Waals surface area contributed by atoms with Crippen LogP contribution in [0.2, 0.25) is 0 Å². The van der Waals surface area contributed by atoms with E-state index in [9.17, 15) is 4.79 Å². The van der Waals surface area contributed by atoms with Crippen molar-refractivity contribution in [3.05, 3.63) is 53.7 Å². The van der Waals surface area contributed by atoms with Gasteiger partial charge in [0.05, 0.1) is 5.69 Å². The van der Waals surface area contributed by atoms with Crippen LogP contribution in [-0.4, -0.2) is 34.9 Å². The van der Waals surface area contributed by atoms with E-state index in [1.807, 2.05) is 48.2 Å². The molecule has 4 heteroatoms. The highest BCUT2D eigenvalue weighted by Crippen LogP contribution is 2.28. The number of amides is 1. The molecule has 0 aliphatic carbocycles. The molecule has 0 saturated carbocycles. The maximum atomic E-state index is 13.3. The van der Waals surface area contributed by atoms with Gasteiger partial charge in [0, 0.05) is 36.5 Å². The number of benzene rings is 1. The Balaban J connectivity index is 2.02. The smallest absolute Gasteiger partial charge is 0.254 e. The third kappa shape index (κ3) is 3.20. The Hall–Kier alpha value is -2.20. The molecular formula is C20H25N3O. The largest absolute Gasteiger partial charge is 0.334 e. The SMILES string of the molecule is Cc1ccc(-c2ccccn2)c(C(=O)N2CCCC(C)C2CN)c1. The van der Waals surface area contributed by atoms with Gasteiger partial charge >= 0.3 is 0 Å². The summed E-state index contributed by atoms with van der Waals surface area (Å²) in [6.07, 6.45) is 3.93. The maximum Gasteiger partial charge on any atom is 0.254 e. The number of nitrogens with two attached hydrogens (primary N) is 1. The number of carbonyl (C=O) groups is 1. The average Bonchev–Trinajstić information content (AvgIpc) is 2.61. The number of hydrogen-bond acceptors (Lipinski definition) is 3. The van der Waals surface area contributed by atoms with E-state index >= 15 is 0 Å². The lowest BCUT2D eigenvalue weighted by Gasteiger charge is -2.39. The lowest BCUT2D eigenvalue weighted by molar-refractivity contribution is 0.0533. The third-order valence-electron chi connectivity index (χ3n) is 4.96. The summed E-state index contributed by atoms with van der Waals surface area (Å²) in [5.41, 5.74) is 9.49. The highest BCUT2D eigenvalue weighted by atomic mass is 16.2. The molecule has 24 heavy (non-hydrogen) atoms. The molecule has 3 rings (SSSR count). The number of nitrogens with zero attached hydrogens (tertiary/aromatic N) is 2. The van der Waals surface area contributed by atoms with Crippen molar-refractivity contribution in [1.82, 2.24) is 9.88 Å². The molecule has 2 heterocycles. The fraction of sp³-hybridized carbons (Fsp3) is 0.400. The van der Waals surface area contributed by atoms with Crippen LogP contribution in [0, 0.1) is 12.8 Å². The Morgan fingerprint density at radius 3 is 2.88 bits per heavy atom. The highest BCUT2D eigenvalue weighted by Gasteiger charge is 2.32. The van der Waals surface area contributed by atoms with Crippen LogP contribution in [0.4, 0.5) is 0 Å². The minimum atomic E-state index is 0.0707. The Morgan fingerprint density at radius 1 is 1.33 bits per heavy atom. The van der Waals surface area contributed by atoms with Crippen LogP contribution in [0.25, 0.3) is 11.3 Å². The molecule has 2 unspecified atom stereocenters. The van der Waals surface area contributed by atoms with E-state index in [2.05, 4.69) is 11.9 Å². The van der Waals surface area contributed by atoms with Crippen LogP contribution in [0.1, 0.15) is 35.7 Å². The van der Waals surface area contributed by atoms with Gasteiger partial charge in [0.25, 0.3) is 5.91 Å². The summed E-state index contributed by atoms with van der Waals surface area (Å²) < 4.78 is 0. The zero-order valence-corrected chi connectivity index (χ0v) is 14.4. The summed E-state index contributed by atoms with van der Waals surface area (Å²) in [4.78, 5) is 19.7. The van der Waals surface area contributed by atoms with Gasteiger partial charge in [-0.1, -0.05) is 30.7 Å². The quantitative estimate of drug-likeness (QED) is 0.943. The Morgan fingerprint density at radius 2 is 2.17 bits per heavy atom. The molecule has 1 aliphatic rings. The molecule has 1 fully saturated rings. The van der Waals surface area contributed by atoms with E-state index in [1.165, 1.54) is 0 Å². The lowest BCUT2D eigenvalue weighted by atomic mass is 9.89. The van der Waals surface area contributed by atoms with Crippen molar-refractivity contribution in [3.63, 3.8) is 0 Å². The Bertz CT molecular complexity index is 714. The first-order valence-corrected chi connectivity index (χ1v) is 8.65. The number of hydrogen-bond donors (Lipinski definition) is 1. The number of rotatable bonds is 3. The molecule has 0 bridgehead atoms. The Kier molecular flexibility index (Phi) is 4.95. The molecule has 2 aromatic rings. The fourth-order valence-corrected chi connectivity index (χ4v) is 3.60. The monoisotopic (exact) mass is 323 g/mol. The summed E-state index contributed by atoms with van der Waals surface area (Å²) in [6.45, 7) is 5.49. The molecule has 1 amide bonds. The predicted octanol–water partition coefficient (Wildman–Crippen LogP) is 3.26. The van der Waals surface area contributed by atoms with Crippen molar-refractivity contribution in [3.8, 4) is 11.3 Å². The minimum Gasteiger partial charge on any atom is -0.334 e.